The van der Waals surface area contributed by atoms with Crippen LogP contribution in [-0.4, -0.2) is 10.9 Å². The molecule has 122 valence electrons. The van der Waals surface area contributed by atoms with Gasteiger partial charge in [0.2, 0.25) is 0 Å². The lowest BCUT2D eigenvalue weighted by Crippen LogP contribution is -2.27. The smallest absolute Gasteiger partial charge is 0.261 e. The zero-order valence-corrected chi connectivity index (χ0v) is 14.6. The monoisotopic (exact) mass is 330 g/mol. The fourth-order valence-corrected chi connectivity index (χ4v) is 4.30. The van der Waals surface area contributed by atoms with Gasteiger partial charge in [-0.3, -0.25) is 9.59 Å². The highest BCUT2D eigenvalue weighted by Crippen LogP contribution is 2.32. The molecule has 0 radical (unpaired) electrons. The summed E-state index contributed by atoms with van der Waals surface area (Å²) < 4.78 is 0. The Hall–Kier alpha value is -1.88. The summed E-state index contributed by atoms with van der Waals surface area (Å²) in [4.78, 5) is 29.3. The van der Waals surface area contributed by atoms with E-state index in [1.807, 2.05) is 26.0 Å². The first kappa shape index (κ1) is 16.0. The Kier molecular flexibility index (Phi) is 4.39. The van der Waals surface area contributed by atoms with E-state index in [4.69, 9.17) is 0 Å². The fraction of sp³-hybridized carbons (Fsp3) is 0.444. The van der Waals surface area contributed by atoms with Crippen LogP contribution in [0.5, 0.6) is 0 Å². The molecular weight excluding hydrogens is 308 g/mol. The van der Waals surface area contributed by atoms with Gasteiger partial charge in [0.1, 0.15) is 0 Å². The molecule has 1 amide bonds. The Morgan fingerprint density at radius 2 is 2.17 bits per heavy atom. The lowest BCUT2D eigenvalue weighted by molar-refractivity contribution is 0.0954. The van der Waals surface area contributed by atoms with Gasteiger partial charge in [-0.25, -0.2) is 0 Å². The van der Waals surface area contributed by atoms with E-state index in [0.717, 1.165) is 29.0 Å². The number of aromatic nitrogens is 1. The number of fused-ring (bicyclic) bond motifs is 1. The molecule has 5 heteroatoms. The molecule has 0 spiro atoms. The summed E-state index contributed by atoms with van der Waals surface area (Å²) in [6.45, 7) is 6.27. The summed E-state index contributed by atoms with van der Waals surface area (Å²) in [5, 5.41) is 2.89. The lowest BCUT2D eigenvalue weighted by atomic mass is 9.90. The topological polar surface area (TPSA) is 62.0 Å². The predicted octanol–water partition coefficient (Wildman–Crippen LogP) is 3.11. The summed E-state index contributed by atoms with van der Waals surface area (Å²) in [6.07, 6.45) is 3.34. The number of aryl methyl sites for hydroxylation is 3. The molecule has 0 bridgehead atoms. The summed E-state index contributed by atoms with van der Waals surface area (Å²) in [5.41, 5.74) is 3.57. The van der Waals surface area contributed by atoms with E-state index in [-0.39, 0.29) is 18.0 Å². The summed E-state index contributed by atoms with van der Waals surface area (Å²) >= 11 is 1.59. The van der Waals surface area contributed by atoms with Crippen LogP contribution in [0.1, 0.15) is 50.3 Å². The Balaban J connectivity index is 1.72. The predicted molar refractivity (Wildman–Crippen MR) is 93.2 cm³/mol. The third-order valence-corrected chi connectivity index (χ3v) is 5.71. The molecular formula is C18H22N2O2S. The minimum atomic E-state index is -0.123. The molecule has 0 aromatic carbocycles. The molecule has 2 aromatic rings. The van der Waals surface area contributed by atoms with Crippen molar-refractivity contribution >= 4 is 17.2 Å². The molecule has 3 rings (SSSR count). The molecule has 0 saturated carbocycles. The van der Waals surface area contributed by atoms with Crippen LogP contribution in [0, 0.1) is 19.8 Å². The minimum absolute atomic E-state index is 0.0866. The van der Waals surface area contributed by atoms with E-state index in [1.165, 1.54) is 16.9 Å². The van der Waals surface area contributed by atoms with Crippen molar-refractivity contribution in [3.05, 3.63) is 54.6 Å². The number of rotatable bonds is 3. The number of carbonyl (C=O) groups excluding carboxylic acids is 1. The Labute approximate surface area is 140 Å². The third-order valence-electron chi connectivity index (χ3n) is 4.47. The van der Waals surface area contributed by atoms with Gasteiger partial charge in [0.05, 0.1) is 4.88 Å². The highest BCUT2D eigenvalue weighted by Gasteiger charge is 2.20. The van der Waals surface area contributed by atoms with E-state index in [0.29, 0.717) is 11.5 Å². The third kappa shape index (κ3) is 3.39. The quantitative estimate of drug-likeness (QED) is 0.908. The molecule has 0 saturated heterocycles. The van der Waals surface area contributed by atoms with Crippen molar-refractivity contribution < 1.29 is 4.79 Å². The maximum absolute atomic E-state index is 12.4. The van der Waals surface area contributed by atoms with Crippen molar-refractivity contribution in [1.29, 1.82) is 0 Å². The molecule has 2 heterocycles. The normalized spacial score (nSPS) is 16.9. The second kappa shape index (κ2) is 6.32. The van der Waals surface area contributed by atoms with E-state index < -0.39 is 0 Å². The molecule has 0 fully saturated rings. The number of H-pyrrole nitrogens is 1. The van der Waals surface area contributed by atoms with E-state index in [2.05, 4.69) is 17.2 Å². The second-order valence-electron chi connectivity index (χ2n) is 6.53. The number of aromatic amines is 1. The van der Waals surface area contributed by atoms with Gasteiger partial charge in [-0.15, -0.1) is 11.3 Å². The zero-order chi connectivity index (χ0) is 16.6. The summed E-state index contributed by atoms with van der Waals surface area (Å²) in [6, 6.07) is 3.95. The Morgan fingerprint density at radius 3 is 2.91 bits per heavy atom. The number of nitrogens with one attached hydrogen (secondary N) is 2. The minimum Gasteiger partial charge on any atom is -0.347 e. The van der Waals surface area contributed by atoms with Crippen molar-refractivity contribution in [1.82, 2.24) is 10.3 Å². The van der Waals surface area contributed by atoms with Gasteiger partial charge >= 0.3 is 0 Å². The largest absolute Gasteiger partial charge is 0.347 e. The first-order valence-corrected chi connectivity index (χ1v) is 8.85. The highest BCUT2D eigenvalue weighted by molar-refractivity contribution is 7.14. The Bertz CT molecular complexity index is 804. The molecule has 4 nitrogen and oxygen atoms in total. The SMILES string of the molecule is Cc1cc(C)c(CNC(=O)c2cc3c(s2)CC[C@H](C)C3)c(=O)[nH]1. The molecule has 1 aliphatic rings. The number of hydrogen-bond donors (Lipinski definition) is 2. The van der Waals surface area contributed by atoms with Crippen molar-refractivity contribution in [3.63, 3.8) is 0 Å². The fourth-order valence-electron chi connectivity index (χ4n) is 3.17. The van der Waals surface area contributed by atoms with Crippen LogP contribution in [0.3, 0.4) is 0 Å². The Morgan fingerprint density at radius 1 is 1.39 bits per heavy atom. The van der Waals surface area contributed by atoms with Crippen LogP contribution in [0.25, 0.3) is 0 Å². The van der Waals surface area contributed by atoms with E-state index >= 15 is 0 Å². The average Bonchev–Trinajstić information content (AvgIpc) is 2.88. The molecule has 1 aliphatic carbocycles. The van der Waals surface area contributed by atoms with E-state index in [1.54, 1.807) is 11.3 Å². The van der Waals surface area contributed by atoms with Crippen molar-refractivity contribution in [2.24, 2.45) is 5.92 Å². The van der Waals surface area contributed by atoms with Crippen LogP contribution in [0.15, 0.2) is 16.9 Å². The van der Waals surface area contributed by atoms with Gasteiger partial charge in [0.15, 0.2) is 0 Å². The second-order valence-corrected chi connectivity index (χ2v) is 7.67. The van der Waals surface area contributed by atoms with Crippen LogP contribution in [-0.2, 0) is 19.4 Å². The van der Waals surface area contributed by atoms with Gasteiger partial charge in [0, 0.05) is 22.7 Å². The first-order chi connectivity index (χ1) is 10.9. The number of pyridine rings is 1. The van der Waals surface area contributed by atoms with Gasteiger partial charge in [-0.1, -0.05) is 6.92 Å². The average molecular weight is 330 g/mol. The summed E-state index contributed by atoms with van der Waals surface area (Å²) in [7, 11) is 0. The van der Waals surface area contributed by atoms with Gasteiger partial charge < -0.3 is 10.3 Å². The van der Waals surface area contributed by atoms with E-state index in [9.17, 15) is 9.59 Å². The van der Waals surface area contributed by atoms with Gasteiger partial charge in [-0.05, 0) is 62.3 Å². The molecule has 23 heavy (non-hydrogen) atoms. The van der Waals surface area contributed by atoms with Crippen molar-refractivity contribution in [2.45, 2.75) is 46.6 Å². The van der Waals surface area contributed by atoms with Crippen LogP contribution in [0.4, 0.5) is 0 Å². The number of hydrogen-bond acceptors (Lipinski definition) is 3. The molecule has 0 unspecified atom stereocenters. The standard InChI is InChI=1S/C18H22N2O2S/c1-10-4-5-15-13(6-10)8-16(23-15)18(22)19-9-14-11(2)7-12(3)20-17(14)21/h7-8,10H,4-6,9H2,1-3H3,(H,19,22)(H,20,21)/t10-/m0/s1. The van der Waals surface area contributed by atoms with Gasteiger partial charge in [0.25, 0.3) is 11.5 Å². The number of thiophene rings is 1. The molecule has 2 aromatic heterocycles. The number of amides is 1. The van der Waals surface area contributed by atoms with Crippen molar-refractivity contribution in [3.8, 4) is 0 Å². The first-order valence-electron chi connectivity index (χ1n) is 8.03. The van der Waals surface area contributed by atoms with Crippen LogP contribution in [0.2, 0.25) is 0 Å². The maximum Gasteiger partial charge on any atom is 0.261 e. The van der Waals surface area contributed by atoms with Crippen molar-refractivity contribution in [2.75, 3.05) is 0 Å². The molecule has 1 atom stereocenters. The summed E-state index contributed by atoms with van der Waals surface area (Å²) in [5.74, 6) is 0.609. The van der Waals surface area contributed by atoms with Crippen LogP contribution < -0.4 is 10.9 Å². The number of carbonyl (C=O) groups is 1. The molecule has 0 aliphatic heterocycles. The highest BCUT2D eigenvalue weighted by atomic mass is 32.1. The lowest BCUT2D eigenvalue weighted by Gasteiger charge is -2.16. The molecule has 2 N–H and O–H groups in total. The zero-order valence-electron chi connectivity index (χ0n) is 13.8. The maximum atomic E-state index is 12.4. The van der Waals surface area contributed by atoms with Crippen LogP contribution >= 0.6 is 11.3 Å². The van der Waals surface area contributed by atoms with Gasteiger partial charge in [-0.2, -0.15) is 0 Å².